The van der Waals surface area contributed by atoms with Crippen LogP contribution >= 0.6 is 11.8 Å². The molecule has 2 rings (SSSR count). The van der Waals surface area contributed by atoms with Crippen LogP contribution in [-0.4, -0.2) is 46.9 Å². The van der Waals surface area contributed by atoms with Crippen LogP contribution in [0.4, 0.5) is 0 Å². The molecule has 86 valence electrons. The summed E-state index contributed by atoms with van der Waals surface area (Å²) in [5, 5.41) is 28.4. The highest BCUT2D eigenvalue weighted by atomic mass is 32.2. The Hall–Kier alpha value is -1.48. The minimum atomic E-state index is 0.0176. The molecule has 0 bridgehead atoms. The summed E-state index contributed by atoms with van der Waals surface area (Å²) in [7, 11) is 1.82. The van der Waals surface area contributed by atoms with Gasteiger partial charge in [0.2, 0.25) is 5.16 Å². The highest BCUT2D eigenvalue weighted by Gasteiger charge is 2.07. The topological polar surface area (TPSA) is 94.5 Å². The number of nitrogens with zero attached hydrogens (tertiary/aromatic N) is 7. The molecule has 0 aliphatic heterocycles. The minimum Gasteiger partial charge on any atom is -0.394 e. The second-order valence-corrected chi connectivity index (χ2v) is 4.02. The number of aliphatic hydroxyl groups is 1. The van der Waals surface area contributed by atoms with Gasteiger partial charge in [-0.05, 0) is 10.4 Å². The Balaban J connectivity index is 1.96. The Labute approximate surface area is 95.6 Å². The van der Waals surface area contributed by atoms with E-state index < -0.39 is 0 Å². The predicted molar refractivity (Wildman–Crippen MR) is 55.5 cm³/mol. The zero-order valence-corrected chi connectivity index (χ0v) is 9.50. The Bertz CT molecular complexity index is 453. The summed E-state index contributed by atoms with van der Waals surface area (Å²) >= 11 is 1.46. The molecule has 0 aliphatic rings. The lowest BCUT2D eigenvalue weighted by atomic mass is 10.6. The van der Waals surface area contributed by atoms with E-state index in [9.17, 15) is 0 Å². The van der Waals surface area contributed by atoms with Crippen LogP contribution in [0, 0.1) is 0 Å². The summed E-state index contributed by atoms with van der Waals surface area (Å²) in [6.45, 7) is 0.416. The molecule has 0 saturated heterocycles. The first kappa shape index (κ1) is 11.0. The Kier molecular flexibility index (Phi) is 3.47. The largest absolute Gasteiger partial charge is 0.394 e. The lowest BCUT2D eigenvalue weighted by Gasteiger charge is -1.99. The van der Waals surface area contributed by atoms with Gasteiger partial charge in [-0.15, -0.1) is 10.2 Å². The maximum Gasteiger partial charge on any atom is 0.209 e. The molecule has 0 atom stereocenters. The fraction of sp³-hybridized carbons (Fsp3) is 0.571. The van der Waals surface area contributed by atoms with E-state index >= 15 is 0 Å². The third kappa shape index (κ3) is 2.55. The van der Waals surface area contributed by atoms with Crippen molar-refractivity contribution in [3.63, 3.8) is 0 Å². The quantitative estimate of drug-likeness (QED) is 0.677. The van der Waals surface area contributed by atoms with Crippen molar-refractivity contribution < 1.29 is 5.11 Å². The van der Waals surface area contributed by atoms with Gasteiger partial charge in [-0.1, -0.05) is 17.0 Å². The Morgan fingerprint density at radius 2 is 2.25 bits per heavy atom. The van der Waals surface area contributed by atoms with Crippen LogP contribution in [0.5, 0.6) is 0 Å². The second kappa shape index (κ2) is 5.03. The summed E-state index contributed by atoms with van der Waals surface area (Å²) in [4.78, 5) is 0. The molecule has 2 aromatic rings. The van der Waals surface area contributed by atoms with E-state index in [0.717, 1.165) is 5.69 Å². The van der Waals surface area contributed by atoms with Gasteiger partial charge in [0.05, 0.1) is 18.8 Å². The van der Waals surface area contributed by atoms with Gasteiger partial charge in [0.15, 0.2) is 0 Å². The van der Waals surface area contributed by atoms with Gasteiger partial charge >= 0.3 is 0 Å². The smallest absolute Gasteiger partial charge is 0.209 e. The third-order valence-electron chi connectivity index (χ3n) is 1.81. The van der Waals surface area contributed by atoms with Crippen LogP contribution in [0.3, 0.4) is 0 Å². The first-order chi connectivity index (χ1) is 7.79. The van der Waals surface area contributed by atoms with Crippen molar-refractivity contribution in [1.82, 2.24) is 35.2 Å². The molecular formula is C7H11N7OS. The fourth-order valence-corrected chi connectivity index (χ4v) is 1.92. The van der Waals surface area contributed by atoms with Gasteiger partial charge in [0, 0.05) is 19.0 Å². The zero-order chi connectivity index (χ0) is 11.4. The molecule has 2 heterocycles. The first-order valence-corrected chi connectivity index (χ1v) is 5.63. The summed E-state index contributed by atoms with van der Waals surface area (Å²) in [6, 6.07) is 0. The second-order valence-electron chi connectivity index (χ2n) is 3.08. The number of aliphatic hydroxyl groups excluding tert-OH is 1. The van der Waals surface area contributed by atoms with Gasteiger partial charge < -0.3 is 5.11 Å². The SMILES string of the molecule is Cn1cc(CSc2nnnn2CCO)nn1. The maximum absolute atomic E-state index is 8.80. The highest BCUT2D eigenvalue weighted by Crippen LogP contribution is 2.17. The zero-order valence-electron chi connectivity index (χ0n) is 8.68. The van der Waals surface area contributed by atoms with Gasteiger partial charge in [-0.25, -0.2) is 4.68 Å². The van der Waals surface area contributed by atoms with E-state index in [1.807, 2.05) is 13.2 Å². The summed E-state index contributed by atoms with van der Waals surface area (Å²) < 4.78 is 3.20. The summed E-state index contributed by atoms with van der Waals surface area (Å²) in [5.41, 5.74) is 0.867. The van der Waals surface area contributed by atoms with Gasteiger partial charge in [0.1, 0.15) is 0 Å². The normalized spacial score (nSPS) is 10.9. The molecule has 0 fully saturated rings. The number of aryl methyl sites for hydroxylation is 1. The van der Waals surface area contributed by atoms with Crippen molar-refractivity contribution in [1.29, 1.82) is 0 Å². The highest BCUT2D eigenvalue weighted by molar-refractivity contribution is 7.98. The molecule has 0 aromatic carbocycles. The predicted octanol–water partition coefficient (Wildman–Crippen LogP) is -0.914. The molecule has 1 N–H and O–H groups in total. The number of hydrogen-bond donors (Lipinski definition) is 1. The standard InChI is InChI=1S/C7H11N7OS/c1-13-4-6(8-11-13)5-16-7-9-10-12-14(7)2-3-15/h4,15H,2-3,5H2,1H3. The molecule has 0 amide bonds. The molecule has 0 unspecified atom stereocenters. The molecule has 16 heavy (non-hydrogen) atoms. The van der Waals surface area contributed by atoms with Crippen LogP contribution in [0.25, 0.3) is 0 Å². The van der Waals surface area contributed by atoms with Crippen LogP contribution in [0.2, 0.25) is 0 Å². The molecule has 0 spiro atoms. The van der Waals surface area contributed by atoms with Crippen LogP contribution in [0.1, 0.15) is 5.69 Å². The average Bonchev–Trinajstić information content (AvgIpc) is 2.85. The average molecular weight is 241 g/mol. The van der Waals surface area contributed by atoms with Crippen molar-refractivity contribution in [2.45, 2.75) is 17.5 Å². The lowest BCUT2D eigenvalue weighted by Crippen LogP contribution is -2.05. The van der Waals surface area contributed by atoms with Gasteiger partial charge in [0.25, 0.3) is 0 Å². The summed E-state index contributed by atoms with van der Waals surface area (Å²) in [6.07, 6.45) is 1.84. The van der Waals surface area contributed by atoms with Crippen LogP contribution < -0.4 is 0 Å². The molecule has 0 aliphatic carbocycles. The molecule has 0 saturated carbocycles. The first-order valence-electron chi connectivity index (χ1n) is 4.64. The number of hydrogen-bond acceptors (Lipinski definition) is 7. The van der Waals surface area contributed by atoms with Gasteiger partial charge in [-0.3, -0.25) is 4.68 Å². The van der Waals surface area contributed by atoms with Gasteiger partial charge in [-0.2, -0.15) is 0 Å². The molecule has 0 radical (unpaired) electrons. The number of aromatic nitrogens is 7. The van der Waals surface area contributed by atoms with Crippen molar-refractivity contribution in [3.05, 3.63) is 11.9 Å². The van der Waals surface area contributed by atoms with E-state index in [0.29, 0.717) is 17.5 Å². The Morgan fingerprint density at radius 1 is 1.38 bits per heavy atom. The minimum absolute atomic E-state index is 0.0176. The van der Waals surface area contributed by atoms with Crippen LogP contribution in [-0.2, 0) is 19.3 Å². The molecular weight excluding hydrogens is 230 g/mol. The summed E-state index contributed by atoms with van der Waals surface area (Å²) in [5.74, 6) is 0.652. The van der Waals surface area contributed by atoms with E-state index in [-0.39, 0.29) is 6.61 Å². The molecule has 8 nitrogen and oxygen atoms in total. The molecule has 9 heteroatoms. The lowest BCUT2D eigenvalue weighted by molar-refractivity contribution is 0.262. The third-order valence-corrected chi connectivity index (χ3v) is 2.80. The number of tetrazole rings is 1. The Morgan fingerprint density at radius 3 is 2.94 bits per heavy atom. The monoisotopic (exact) mass is 241 g/mol. The number of thioether (sulfide) groups is 1. The van der Waals surface area contributed by atoms with Crippen LogP contribution in [0.15, 0.2) is 11.4 Å². The van der Waals surface area contributed by atoms with E-state index in [2.05, 4.69) is 25.8 Å². The van der Waals surface area contributed by atoms with Crippen molar-refractivity contribution >= 4 is 11.8 Å². The van der Waals surface area contributed by atoms with Crippen molar-refractivity contribution in [2.75, 3.05) is 6.61 Å². The van der Waals surface area contributed by atoms with Crippen molar-refractivity contribution in [3.8, 4) is 0 Å². The van der Waals surface area contributed by atoms with E-state index in [4.69, 9.17) is 5.11 Å². The fourth-order valence-electron chi connectivity index (χ4n) is 1.13. The maximum atomic E-state index is 8.80. The molecule has 2 aromatic heterocycles. The van der Waals surface area contributed by atoms with Crippen molar-refractivity contribution in [2.24, 2.45) is 7.05 Å². The number of rotatable bonds is 5. The van der Waals surface area contributed by atoms with E-state index in [1.54, 1.807) is 9.36 Å². The van der Waals surface area contributed by atoms with E-state index in [1.165, 1.54) is 11.8 Å².